The van der Waals surface area contributed by atoms with Gasteiger partial charge in [0.2, 0.25) is 11.8 Å². The molecule has 0 aliphatic carbocycles. The molecule has 0 spiro atoms. The average Bonchev–Trinajstić information content (AvgIpc) is 3.06. The first-order valence-electron chi connectivity index (χ1n) is 10.3. The summed E-state index contributed by atoms with van der Waals surface area (Å²) in [5.74, 6) is -0.822. The Labute approximate surface area is 185 Å². The van der Waals surface area contributed by atoms with E-state index in [4.69, 9.17) is 11.6 Å². The number of amides is 3. The maximum Gasteiger partial charge on any atom is 0.251 e. The highest BCUT2D eigenvalue weighted by molar-refractivity contribution is 6.32. The summed E-state index contributed by atoms with van der Waals surface area (Å²) in [6, 6.07) is 11.3. The number of anilines is 2. The Hall–Kier alpha value is -2.90. The first-order chi connectivity index (χ1) is 14.8. The van der Waals surface area contributed by atoms with Gasteiger partial charge in [-0.2, -0.15) is 0 Å². The molecule has 2 aliphatic heterocycles. The Morgan fingerprint density at radius 2 is 1.84 bits per heavy atom. The van der Waals surface area contributed by atoms with Gasteiger partial charge < -0.3 is 10.4 Å². The number of aromatic hydroxyl groups is 1. The van der Waals surface area contributed by atoms with E-state index in [2.05, 4.69) is 5.32 Å². The number of para-hydroxylation sites is 2. The van der Waals surface area contributed by atoms with Crippen LogP contribution in [0.15, 0.2) is 42.5 Å². The van der Waals surface area contributed by atoms with Gasteiger partial charge >= 0.3 is 0 Å². The molecule has 2 aromatic carbocycles. The third-order valence-electron chi connectivity index (χ3n) is 6.04. The van der Waals surface area contributed by atoms with E-state index >= 15 is 0 Å². The minimum Gasteiger partial charge on any atom is -0.506 e. The van der Waals surface area contributed by atoms with Crippen LogP contribution in [0.2, 0.25) is 5.02 Å². The van der Waals surface area contributed by atoms with Crippen molar-refractivity contribution < 1.29 is 19.5 Å². The SMILES string of the molecule is Cc1ccc(N2C(=O)C[C@H](N3CCC(C(=O)Nc4ccccc4O)CC3)C2=O)cc1Cl. The molecule has 7 nitrogen and oxygen atoms in total. The number of phenolic OH excluding ortho intramolecular Hbond substituents is 1. The number of nitrogens with one attached hydrogen (secondary N) is 1. The van der Waals surface area contributed by atoms with Gasteiger partial charge in [0.25, 0.3) is 5.91 Å². The lowest BCUT2D eigenvalue weighted by Gasteiger charge is -2.34. The number of nitrogens with zero attached hydrogens (tertiary/aromatic N) is 2. The monoisotopic (exact) mass is 441 g/mol. The fourth-order valence-corrected chi connectivity index (χ4v) is 4.36. The molecule has 2 saturated heterocycles. The molecule has 2 aromatic rings. The van der Waals surface area contributed by atoms with Gasteiger partial charge in [0.05, 0.1) is 23.8 Å². The molecule has 8 heteroatoms. The van der Waals surface area contributed by atoms with Gasteiger partial charge in [-0.1, -0.05) is 29.8 Å². The molecular weight excluding hydrogens is 418 g/mol. The predicted octanol–water partition coefficient (Wildman–Crippen LogP) is 3.34. The molecule has 4 rings (SSSR count). The van der Waals surface area contributed by atoms with E-state index in [1.807, 2.05) is 11.8 Å². The fourth-order valence-electron chi connectivity index (χ4n) is 4.18. The van der Waals surface area contributed by atoms with Crippen LogP contribution < -0.4 is 10.2 Å². The number of hydrogen-bond donors (Lipinski definition) is 2. The van der Waals surface area contributed by atoms with E-state index in [1.54, 1.807) is 36.4 Å². The molecular formula is C23H24ClN3O4. The summed E-state index contributed by atoms with van der Waals surface area (Å²) in [4.78, 5) is 41.4. The van der Waals surface area contributed by atoms with Crippen molar-refractivity contribution in [2.45, 2.75) is 32.2 Å². The smallest absolute Gasteiger partial charge is 0.251 e. The summed E-state index contributed by atoms with van der Waals surface area (Å²) in [7, 11) is 0. The van der Waals surface area contributed by atoms with Crippen molar-refractivity contribution >= 4 is 40.7 Å². The molecule has 0 saturated carbocycles. The lowest BCUT2D eigenvalue weighted by molar-refractivity contribution is -0.123. The summed E-state index contributed by atoms with van der Waals surface area (Å²) >= 11 is 6.17. The van der Waals surface area contributed by atoms with Crippen LogP contribution in [0.1, 0.15) is 24.8 Å². The molecule has 3 amide bonds. The van der Waals surface area contributed by atoms with E-state index in [1.165, 1.54) is 11.0 Å². The number of halogens is 1. The van der Waals surface area contributed by atoms with Crippen molar-refractivity contribution in [1.82, 2.24) is 4.90 Å². The predicted molar refractivity (Wildman–Crippen MR) is 118 cm³/mol. The van der Waals surface area contributed by atoms with Gasteiger partial charge in [0.15, 0.2) is 0 Å². The normalized spacial score (nSPS) is 20.3. The quantitative estimate of drug-likeness (QED) is 0.561. The van der Waals surface area contributed by atoms with Crippen molar-refractivity contribution in [2.24, 2.45) is 5.92 Å². The summed E-state index contributed by atoms with van der Waals surface area (Å²) in [6.45, 7) is 2.96. The van der Waals surface area contributed by atoms with Crippen LogP contribution in [-0.4, -0.2) is 46.9 Å². The second-order valence-electron chi connectivity index (χ2n) is 8.04. The van der Waals surface area contributed by atoms with E-state index in [9.17, 15) is 19.5 Å². The Morgan fingerprint density at radius 3 is 2.52 bits per heavy atom. The summed E-state index contributed by atoms with van der Waals surface area (Å²) in [5.41, 5.74) is 1.76. The highest BCUT2D eigenvalue weighted by Gasteiger charge is 2.44. The molecule has 0 bridgehead atoms. The number of hydrogen-bond acceptors (Lipinski definition) is 5. The first-order valence-corrected chi connectivity index (χ1v) is 10.7. The second kappa shape index (κ2) is 8.69. The van der Waals surface area contributed by atoms with Crippen molar-refractivity contribution in [3.63, 3.8) is 0 Å². The highest BCUT2D eigenvalue weighted by Crippen LogP contribution is 2.31. The fraction of sp³-hybridized carbons (Fsp3) is 0.348. The summed E-state index contributed by atoms with van der Waals surface area (Å²) < 4.78 is 0. The Bertz CT molecular complexity index is 1030. The van der Waals surface area contributed by atoms with E-state index < -0.39 is 6.04 Å². The third kappa shape index (κ3) is 4.29. The van der Waals surface area contributed by atoms with Crippen molar-refractivity contribution in [3.8, 4) is 5.75 Å². The summed E-state index contributed by atoms with van der Waals surface area (Å²) in [6.07, 6.45) is 1.28. The zero-order chi connectivity index (χ0) is 22.1. The van der Waals surface area contributed by atoms with Crippen LogP contribution in [-0.2, 0) is 14.4 Å². The molecule has 0 unspecified atom stereocenters. The molecule has 2 aliphatic rings. The second-order valence-corrected chi connectivity index (χ2v) is 8.44. The van der Waals surface area contributed by atoms with Crippen molar-refractivity contribution in [2.75, 3.05) is 23.3 Å². The standard InChI is InChI=1S/C23H24ClN3O4/c1-14-6-7-16(12-17(14)24)27-21(29)13-19(23(27)31)26-10-8-15(9-11-26)22(30)25-18-4-2-3-5-20(18)28/h2-7,12,15,19,28H,8-11,13H2,1H3,(H,25,30)/t19-/m0/s1. The zero-order valence-electron chi connectivity index (χ0n) is 17.2. The minimum absolute atomic E-state index is 0.0275. The molecule has 31 heavy (non-hydrogen) atoms. The lowest BCUT2D eigenvalue weighted by atomic mass is 9.94. The van der Waals surface area contributed by atoms with Crippen molar-refractivity contribution in [1.29, 1.82) is 0 Å². The van der Waals surface area contributed by atoms with Crippen molar-refractivity contribution in [3.05, 3.63) is 53.1 Å². The van der Waals surface area contributed by atoms with Crippen LogP contribution in [0.3, 0.4) is 0 Å². The number of aryl methyl sites for hydroxylation is 1. The highest BCUT2D eigenvalue weighted by atomic mass is 35.5. The van der Waals surface area contributed by atoms with Gasteiger partial charge in [-0.3, -0.25) is 19.3 Å². The number of rotatable bonds is 4. The van der Waals surface area contributed by atoms with Crippen LogP contribution in [0.5, 0.6) is 5.75 Å². The number of piperidine rings is 1. The topological polar surface area (TPSA) is 90.0 Å². The largest absolute Gasteiger partial charge is 0.506 e. The van der Waals surface area contributed by atoms with Crippen LogP contribution in [0, 0.1) is 12.8 Å². The van der Waals surface area contributed by atoms with E-state index in [0.29, 0.717) is 42.3 Å². The van der Waals surface area contributed by atoms with Gasteiger partial charge in [-0.25, -0.2) is 4.90 Å². The molecule has 0 aromatic heterocycles. The number of carbonyl (C=O) groups excluding carboxylic acids is 3. The van der Waals surface area contributed by atoms with Gasteiger partial charge in [0, 0.05) is 10.9 Å². The molecule has 2 heterocycles. The average molecular weight is 442 g/mol. The van der Waals surface area contributed by atoms with Gasteiger partial charge in [0.1, 0.15) is 5.75 Å². The van der Waals surface area contributed by atoms with Gasteiger partial charge in [-0.05, 0) is 62.7 Å². The molecule has 1 atom stereocenters. The molecule has 0 radical (unpaired) electrons. The number of imide groups is 1. The van der Waals surface area contributed by atoms with Crippen LogP contribution >= 0.6 is 11.6 Å². The Morgan fingerprint density at radius 1 is 1.13 bits per heavy atom. The number of carbonyl (C=O) groups is 3. The molecule has 162 valence electrons. The van der Waals surface area contributed by atoms with E-state index in [-0.39, 0.29) is 35.8 Å². The Kier molecular flexibility index (Phi) is 5.98. The van der Waals surface area contributed by atoms with Crippen LogP contribution in [0.25, 0.3) is 0 Å². The third-order valence-corrected chi connectivity index (χ3v) is 6.45. The number of benzene rings is 2. The Balaban J connectivity index is 1.38. The summed E-state index contributed by atoms with van der Waals surface area (Å²) in [5, 5.41) is 13.1. The lowest BCUT2D eigenvalue weighted by Crippen LogP contribution is -2.47. The van der Waals surface area contributed by atoms with Gasteiger partial charge in [-0.15, -0.1) is 0 Å². The first kappa shape index (κ1) is 21.3. The molecule has 2 fully saturated rings. The minimum atomic E-state index is -0.519. The van der Waals surface area contributed by atoms with E-state index in [0.717, 1.165) is 5.56 Å². The zero-order valence-corrected chi connectivity index (χ0v) is 17.9. The number of phenols is 1. The maximum atomic E-state index is 13.0. The van der Waals surface area contributed by atoms with Crippen LogP contribution in [0.4, 0.5) is 11.4 Å². The number of likely N-dealkylation sites (tertiary alicyclic amines) is 1. The maximum absolute atomic E-state index is 13.0. The molecule has 2 N–H and O–H groups in total.